The van der Waals surface area contributed by atoms with Gasteiger partial charge in [-0.15, -0.1) is 0 Å². The summed E-state index contributed by atoms with van der Waals surface area (Å²) in [6.45, 7) is 3.19. The summed E-state index contributed by atoms with van der Waals surface area (Å²) in [7, 11) is 3.99. The highest BCUT2D eigenvalue weighted by Crippen LogP contribution is 2.39. The minimum atomic E-state index is -0.381. The highest BCUT2D eigenvalue weighted by molar-refractivity contribution is 6.31. The standard InChI is InChI=1S/C25H26ClN3O3/c1-27(2)20-7-3-18(4-8-20)25(23-17-22(29(30)31)11-12-24(23)26)19-5-9-21(10-6-19)28-13-15-32-16-14-28/h3-12,17,25H,13-16H2,1-2H3. The first-order valence-corrected chi connectivity index (χ1v) is 11.0. The van der Waals surface area contributed by atoms with Crippen LogP contribution >= 0.6 is 11.6 Å². The van der Waals surface area contributed by atoms with E-state index in [0.717, 1.165) is 54.4 Å². The summed E-state index contributed by atoms with van der Waals surface area (Å²) >= 11 is 6.58. The van der Waals surface area contributed by atoms with Gasteiger partial charge in [-0.25, -0.2) is 0 Å². The average molecular weight is 452 g/mol. The molecule has 1 atom stereocenters. The van der Waals surface area contributed by atoms with Crippen LogP contribution in [0.15, 0.2) is 66.7 Å². The minimum Gasteiger partial charge on any atom is -0.378 e. The van der Waals surface area contributed by atoms with Crippen LogP contribution in [0.4, 0.5) is 17.1 Å². The molecular weight excluding hydrogens is 426 g/mol. The summed E-state index contributed by atoms with van der Waals surface area (Å²) in [5.74, 6) is -0.225. The van der Waals surface area contributed by atoms with Crippen LogP contribution in [0, 0.1) is 10.1 Å². The van der Waals surface area contributed by atoms with Crippen LogP contribution in [0.1, 0.15) is 22.6 Å². The number of nitrogens with zero attached hydrogens (tertiary/aromatic N) is 3. The van der Waals surface area contributed by atoms with E-state index in [9.17, 15) is 10.1 Å². The van der Waals surface area contributed by atoms with Gasteiger partial charge >= 0.3 is 0 Å². The number of nitro benzene ring substituents is 1. The van der Waals surface area contributed by atoms with Crippen LogP contribution in [-0.2, 0) is 4.74 Å². The zero-order valence-corrected chi connectivity index (χ0v) is 19.0. The number of non-ortho nitro benzene ring substituents is 1. The predicted octanol–water partition coefficient (Wildman–Crippen LogP) is 5.33. The lowest BCUT2D eigenvalue weighted by Crippen LogP contribution is -2.36. The molecule has 1 aliphatic rings. The van der Waals surface area contributed by atoms with Crippen molar-refractivity contribution in [2.45, 2.75) is 5.92 Å². The first-order valence-electron chi connectivity index (χ1n) is 10.6. The number of benzene rings is 3. The molecule has 4 rings (SSSR count). The van der Waals surface area contributed by atoms with Crippen LogP contribution < -0.4 is 9.80 Å². The van der Waals surface area contributed by atoms with E-state index in [1.165, 1.54) is 6.07 Å². The van der Waals surface area contributed by atoms with Crippen molar-refractivity contribution in [2.75, 3.05) is 50.2 Å². The molecule has 1 fully saturated rings. The molecule has 0 N–H and O–H groups in total. The van der Waals surface area contributed by atoms with Gasteiger partial charge < -0.3 is 14.5 Å². The zero-order valence-electron chi connectivity index (χ0n) is 18.2. The second-order valence-electron chi connectivity index (χ2n) is 8.07. The Labute approximate surface area is 193 Å². The molecule has 0 saturated carbocycles. The Bertz CT molecular complexity index is 1080. The van der Waals surface area contributed by atoms with E-state index in [1.54, 1.807) is 12.1 Å². The van der Waals surface area contributed by atoms with Crippen molar-refractivity contribution in [3.63, 3.8) is 0 Å². The Kier molecular flexibility index (Phi) is 6.63. The van der Waals surface area contributed by atoms with Crippen molar-refractivity contribution in [2.24, 2.45) is 0 Å². The van der Waals surface area contributed by atoms with Gasteiger partial charge in [0.25, 0.3) is 5.69 Å². The molecule has 6 nitrogen and oxygen atoms in total. The molecule has 1 aliphatic heterocycles. The number of halogens is 1. The molecular formula is C25H26ClN3O3. The second-order valence-corrected chi connectivity index (χ2v) is 8.48. The SMILES string of the molecule is CN(C)c1ccc(C(c2ccc(N3CCOCC3)cc2)c2cc([N+](=O)[O-])ccc2Cl)cc1. The highest BCUT2D eigenvalue weighted by Gasteiger charge is 2.23. The van der Waals surface area contributed by atoms with Crippen molar-refractivity contribution in [3.8, 4) is 0 Å². The molecule has 0 aliphatic carbocycles. The quantitative estimate of drug-likeness (QED) is 0.288. The molecule has 0 spiro atoms. The summed E-state index contributed by atoms with van der Waals surface area (Å²) in [6, 6.07) is 21.2. The van der Waals surface area contributed by atoms with E-state index in [2.05, 4.69) is 53.4 Å². The molecule has 32 heavy (non-hydrogen) atoms. The Morgan fingerprint density at radius 1 is 0.969 bits per heavy atom. The lowest BCUT2D eigenvalue weighted by molar-refractivity contribution is -0.384. The van der Waals surface area contributed by atoms with Crippen molar-refractivity contribution in [1.82, 2.24) is 0 Å². The molecule has 1 saturated heterocycles. The Morgan fingerprint density at radius 2 is 1.56 bits per heavy atom. The third-order valence-electron chi connectivity index (χ3n) is 5.85. The number of nitro groups is 1. The first-order chi connectivity index (χ1) is 15.4. The Balaban J connectivity index is 1.77. The molecule has 0 amide bonds. The van der Waals surface area contributed by atoms with Crippen LogP contribution in [0.5, 0.6) is 0 Å². The summed E-state index contributed by atoms with van der Waals surface area (Å²) in [5, 5.41) is 11.9. The van der Waals surface area contributed by atoms with Crippen LogP contribution in [0.3, 0.4) is 0 Å². The van der Waals surface area contributed by atoms with Crippen molar-refractivity contribution in [1.29, 1.82) is 0 Å². The zero-order chi connectivity index (χ0) is 22.7. The van der Waals surface area contributed by atoms with Gasteiger partial charge in [-0.2, -0.15) is 0 Å². The molecule has 1 unspecified atom stereocenters. The number of hydrogen-bond donors (Lipinski definition) is 0. The van der Waals surface area contributed by atoms with Gasteiger partial charge in [0.1, 0.15) is 0 Å². The summed E-state index contributed by atoms with van der Waals surface area (Å²) < 4.78 is 5.45. The summed E-state index contributed by atoms with van der Waals surface area (Å²) in [4.78, 5) is 15.4. The molecule has 0 aromatic heterocycles. The number of morpholine rings is 1. The lowest BCUT2D eigenvalue weighted by atomic mass is 9.84. The highest BCUT2D eigenvalue weighted by atomic mass is 35.5. The van der Waals surface area contributed by atoms with Gasteiger partial charge in [0.2, 0.25) is 0 Å². The number of rotatable bonds is 6. The van der Waals surface area contributed by atoms with Crippen LogP contribution in [0.25, 0.3) is 0 Å². The predicted molar refractivity (Wildman–Crippen MR) is 129 cm³/mol. The summed E-state index contributed by atoms with van der Waals surface area (Å²) in [6.07, 6.45) is 0. The fraction of sp³-hybridized carbons (Fsp3) is 0.280. The third kappa shape index (κ3) is 4.71. The molecule has 0 bridgehead atoms. The van der Waals surface area contributed by atoms with Gasteiger partial charge in [-0.05, 0) is 47.0 Å². The number of ether oxygens (including phenoxy) is 1. The molecule has 3 aromatic carbocycles. The maximum Gasteiger partial charge on any atom is 0.269 e. The topological polar surface area (TPSA) is 58.8 Å². The van der Waals surface area contributed by atoms with Gasteiger partial charge in [-0.3, -0.25) is 10.1 Å². The number of hydrogen-bond acceptors (Lipinski definition) is 5. The van der Waals surface area contributed by atoms with Gasteiger partial charge in [0.15, 0.2) is 0 Å². The van der Waals surface area contributed by atoms with Crippen molar-refractivity contribution >= 4 is 28.7 Å². The van der Waals surface area contributed by atoms with Crippen molar-refractivity contribution < 1.29 is 9.66 Å². The number of anilines is 2. The molecule has 1 heterocycles. The fourth-order valence-electron chi connectivity index (χ4n) is 4.08. The van der Waals surface area contributed by atoms with Crippen molar-refractivity contribution in [3.05, 3.63) is 98.6 Å². The molecule has 3 aromatic rings. The van der Waals surface area contributed by atoms with E-state index in [0.29, 0.717) is 5.02 Å². The maximum atomic E-state index is 11.4. The average Bonchev–Trinajstić information content (AvgIpc) is 2.81. The van der Waals surface area contributed by atoms with Gasteiger partial charge in [0, 0.05) is 61.6 Å². The molecule has 0 radical (unpaired) electrons. The fourth-order valence-corrected chi connectivity index (χ4v) is 4.31. The third-order valence-corrected chi connectivity index (χ3v) is 6.19. The molecule has 166 valence electrons. The van der Waals surface area contributed by atoms with E-state index in [1.807, 2.05) is 19.0 Å². The van der Waals surface area contributed by atoms with Gasteiger partial charge in [0.05, 0.1) is 18.1 Å². The molecule has 7 heteroatoms. The smallest absolute Gasteiger partial charge is 0.269 e. The Morgan fingerprint density at radius 3 is 2.12 bits per heavy atom. The van der Waals surface area contributed by atoms with E-state index in [4.69, 9.17) is 16.3 Å². The van der Waals surface area contributed by atoms with Crippen LogP contribution in [0.2, 0.25) is 5.02 Å². The monoisotopic (exact) mass is 451 g/mol. The largest absolute Gasteiger partial charge is 0.378 e. The second kappa shape index (κ2) is 9.59. The maximum absolute atomic E-state index is 11.4. The lowest BCUT2D eigenvalue weighted by Gasteiger charge is -2.29. The van der Waals surface area contributed by atoms with Crippen LogP contribution in [-0.4, -0.2) is 45.3 Å². The van der Waals surface area contributed by atoms with E-state index in [-0.39, 0.29) is 16.5 Å². The first kappa shape index (κ1) is 22.1. The van der Waals surface area contributed by atoms with E-state index >= 15 is 0 Å². The normalized spacial score (nSPS) is 14.8. The van der Waals surface area contributed by atoms with E-state index < -0.39 is 0 Å². The minimum absolute atomic E-state index is 0.0317. The Hall–Kier alpha value is -3.09. The summed E-state index contributed by atoms with van der Waals surface area (Å²) in [5.41, 5.74) is 5.03. The van der Waals surface area contributed by atoms with Gasteiger partial charge in [-0.1, -0.05) is 35.9 Å².